The third-order valence-electron chi connectivity index (χ3n) is 3.46. The van der Waals surface area contributed by atoms with E-state index in [1.807, 2.05) is 24.3 Å². The number of carbonyl (C=O) groups is 1. The Bertz CT molecular complexity index is 488. The Morgan fingerprint density at radius 3 is 2.75 bits per heavy atom. The monoisotopic (exact) mass is 286 g/mol. The summed E-state index contributed by atoms with van der Waals surface area (Å²) >= 11 is 0. The molecule has 1 amide bonds. The van der Waals surface area contributed by atoms with Gasteiger partial charge in [0.2, 0.25) is 5.91 Å². The minimum Gasteiger partial charge on any atom is -0.333 e. The van der Waals surface area contributed by atoms with Crippen molar-refractivity contribution in [3.63, 3.8) is 0 Å². The molecule has 6 heteroatoms. The Morgan fingerprint density at radius 2 is 2.10 bits per heavy atom. The van der Waals surface area contributed by atoms with Crippen molar-refractivity contribution >= 4 is 5.91 Å². The van der Waals surface area contributed by atoms with Crippen LogP contribution >= 0.6 is 0 Å². The summed E-state index contributed by atoms with van der Waals surface area (Å²) < 4.78 is 37.5. The number of halogens is 3. The summed E-state index contributed by atoms with van der Waals surface area (Å²) in [6.45, 7) is 1.44. The topological polar surface area (TPSA) is 32.3 Å². The van der Waals surface area contributed by atoms with Crippen LogP contribution in [-0.4, -0.2) is 36.6 Å². The number of amides is 1. The minimum absolute atomic E-state index is 0.0526. The fourth-order valence-electron chi connectivity index (χ4n) is 2.50. The Hall–Kier alpha value is -1.56. The van der Waals surface area contributed by atoms with Gasteiger partial charge in [0.25, 0.3) is 0 Å². The molecule has 1 unspecified atom stereocenters. The molecule has 1 heterocycles. The van der Waals surface area contributed by atoms with E-state index >= 15 is 0 Å². The summed E-state index contributed by atoms with van der Waals surface area (Å²) in [5.74, 6) is -1.01. The van der Waals surface area contributed by atoms with Gasteiger partial charge in [0.1, 0.15) is 6.54 Å². The number of hydrogen-bond donors (Lipinski definition) is 1. The van der Waals surface area contributed by atoms with Crippen LogP contribution in [0, 0.1) is 0 Å². The van der Waals surface area contributed by atoms with E-state index in [9.17, 15) is 18.0 Å². The molecule has 0 aromatic heterocycles. The number of likely N-dealkylation sites (N-methyl/N-ethyl adjacent to an activating group) is 1. The summed E-state index contributed by atoms with van der Waals surface area (Å²) in [7, 11) is 0. The van der Waals surface area contributed by atoms with Gasteiger partial charge in [-0.2, -0.15) is 13.2 Å². The number of carbonyl (C=O) groups excluding carboxylic acids is 1. The number of nitrogens with one attached hydrogen (secondary N) is 1. The highest BCUT2D eigenvalue weighted by atomic mass is 19.4. The van der Waals surface area contributed by atoms with Crippen molar-refractivity contribution in [2.45, 2.75) is 25.6 Å². The molecule has 0 radical (unpaired) electrons. The van der Waals surface area contributed by atoms with Crippen molar-refractivity contribution in [1.82, 2.24) is 10.2 Å². The van der Waals surface area contributed by atoms with E-state index in [1.54, 1.807) is 6.92 Å². The first-order valence-electron chi connectivity index (χ1n) is 6.56. The molecule has 1 aliphatic heterocycles. The van der Waals surface area contributed by atoms with Crippen molar-refractivity contribution in [2.75, 3.05) is 19.6 Å². The average Bonchev–Trinajstić information content (AvgIpc) is 2.42. The second-order valence-electron chi connectivity index (χ2n) is 4.85. The number of fused-ring (bicyclic) bond motifs is 1. The van der Waals surface area contributed by atoms with Gasteiger partial charge in [-0.15, -0.1) is 0 Å². The summed E-state index contributed by atoms with van der Waals surface area (Å²) in [6.07, 6.45) is -4.37. The van der Waals surface area contributed by atoms with E-state index < -0.39 is 24.5 Å². The first kappa shape index (κ1) is 14.8. The van der Waals surface area contributed by atoms with Crippen molar-refractivity contribution in [3.8, 4) is 0 Å². The first-order valence-corrected chi connectivity index (χ1v) is 6.56. The Balaban J connectivity index is 2.21. The smallest absolute Gasteiger partial charge is 0.333 e. The highest BCUT2D eigenvalue weighted by Gasteiger charge is 2.36. The maximum atomic E-state index is 12.5. The van der Waals surface area contributed by atoms with Crippen LogP contribution < -0.4 is 5.32 Å². The van der Waals surface area contributed by atoms with E-state index in [2.05, 4.69) is 5.32 Å². The van der Waals surface area contributed by atoms with Crippen molar-refractivity contribution in [1.29, 1.82) is 0 Å². The van der Waals surface area contributed by atoms with Gasteiger partial charge in [0.05, 0.1) is 5.92 Å². The van der Waals surface area contributed by atoms with Gasteiger partial charge in [0.15, 0.2) is 0 Å². The second-order valence-corrected chi connectivity index (χ2v) is 4.85. The summed E-state index contributed by atoms with van der Waals surface area (Å²) in [5, 5.41) is 3.08. The zero-order valence-electron chi connectivity index (χ0n) is 11.2. The van der Waals surface area contributed by atoms with E-state index in [-0.39, 0.29) is 6.54 Å². The molecule has 110 valence electrons. The van der Waals surface area contributed by atoms with Crippen LogP contribution in [0.2, 0.25) is 0 Å². The predicted molar refractivity (Wildman–Crippen MR) is 69.2 cm³/mol. The molecule has 1 N–H and O–H groups in total. The molecule has 0 bridgehead atoms. The van der Waals surface area contributed by atoms with Crippen LogP contribution in [0.5, 0.6) is 0 Å². The molecule has 1 aromatic rings. The number of benzene rings is 1. The molecule has 2 rings (SSSR count). The number of hydrogen-bond acceptors (Lipinski definition) is 2. The second kappa shape index (κ2) is 5.83. The molecule has 1 aromatic carbocycles. The van der Waals surface area contributed by atoms with Gasteiger partial charge in [-0.1, -0.05) is 24.3 Å². The van der Waals surface area contributed by atoms with E-state index in [0.29, 0.717) is 13.1 Å². The van der Waals surface area contributed by atoms with Crippen molar-refractivity contribution < 1.29 is 18.0 Å². The minimum atomic E-state index is -4.37. The number of rotatable bonds is 3. The highest BCUT2D eigenvalue weighted by molar-refractivity contribution is 5.84. The molecule has 1 atom stereocenters. The molecule has 0 fully saturated rings. The van der Waals surface area contributed by atoms with Crippen LogP contribution in [-0.2, 0) is 11.3 Å². The van der Waals surface area contributed by atoms with Crippen LogP contribution in [0.4, 0.5) is 13.2 Å². The van der Waals surface area contributed by atoms with Crippen LogP contribution in [0.15, 0.2) is 24.3 Å². The average molecular weight is 286 g/mol. The van der Waals surface area contributed by atoms with Gasteiger partial charge >= 0.3 is 6.18 Å². The zero-order valence-corrected chi connectivity index (χ0v) is 11.2. The predicted octanol–water partition coefficient (Wildman–Crippen LogP) is 2.28. The maximum absolute atomic E-state index is 12.5. The fourth-order valence-corrected chi connectivity index (χ4v) is 2.50. The summed E-state index contributed by atoms with van der Waals surface area (Å²) in [4.78, 5) is 13.2. The van der Waals surface area contributed by atoms with Gasteiger partial charge in [-0.3, -0.25) is 4.79 Å². The molecular formula is C14H17F3N2O. The quantitative estimate of drug-likeness (QED) is 0.924. The third kappa shape index (κ3) is 3.30. The number of alkyl halides is 3. The molecule has 0 saturated heterocycles. The van der Waals surface area contributed by atoms with Crippen molar-refractivity contribution in [3.05, 3.63) is 35.4 Å². The van der Waals surface area contributed by atoms with Crippen LogP contribution in [0.3, 0.4) is 0 Å². The molecule has 3 nitrogen and oxygen atoms in total. The Morgan fingerprint density at radius 1 is 1.40 bits per heavy atom. The van der Waals surface area contributed by atoms with Gasteiger partial charge < -0.3 is 10.2 Å². The van der Waals surface area contributed by atoms with E-state index in [1.165, 1.54) is 0 Å². The Labute approximate surface area is 115 Å². The van der Waals surface area contributed by atoms with E-state index in [0.717, 1.165) is 16.0 Å². The maximum Gasteiger partial charge on any atom is 0.406 e. The lowest BCUT2D eigenvalue weighted by molar-refractivity contribution is -0.161. The lowest BCUT2D eigenvalue weighted by Gasteiger charge is -2.31. The van der Waals surface area contributed by atoms with E-state index in [4.69, 9.17) is 0 Å². The molecule has 0 spiro atoms. The lowest BCUT2D eigenvalue weighted by atomic mass is 9.90. The Kier molecular flexibility index (Phi) is 4.32. The van der Waals surface area contributed by atoms with Crippen LogP contribution in [0.25, 0.3) is 0 Å². The largest absolute Gasteiger partial charge is 0.406 e. The first-order chi connectivity index (χ1) is 9.42. The van der Waals surface area contributed by atoms with Gasteiger partial charge in [0, 0.05) is 19.6 Å². The summed E-state index contributed by atoms with van der Waals surface area (Å²) in [5.41, 5.74) is 1.80. The van der Waals surface area contributed by atoms with Gasteiger partial charge in [-0.05, 0) is 18.1 Å². The summed E-state index contributed by atoms with van der Waals surface area (Å²) in [6, 6.07) is 7.38. The zero-order chi connectivity index (χ0) is 14.8. The fraction of sp³-hybridized carbons (Fsp3) is 0.500. The number of nitrogens with zero attached hydrogens (tertiary/aromatic N) is 1. The normalized spacial score (nSPS) is 18.5. The lowest BCUT2D eigenvalue weighted by Crippen LogP contribution is -2.45. The van der Waals surface area contributed by atoms with Gasteiger partial charge in [-0.25, -0.2) is 0 Å². The molecule has 0 aliphatic carbocycles. The molecule has 0 saturated carbocycles. The third-order valence-corrected chi connectivity index (χ3v) is 3.46. The van der Waals surface area contributed by atoms with Crippen LogP contribution in [0.1, 0.15) is 24.0 Å². The standard InChI is InChI=1S/C14H17F3N2O/c1-2-19(9-14(15,16)17)13(20)12-8-18-7-10-5-3-4-6-11(10)12/h3-6,12,18H,2,7-9H2,1H3. The van der Waals surface area contributed by atoms with Crippen molar-refractivity contribution in [2.24, 2.45) is 0 Å². The highest BCUT2D eigenvalue weighted by Crippen LogP contribution is 2.27. The molecule has 1 aliphatic rings. The SMILES string of the molecule is CCN(CC(F)(F)F)C(=O)C1CNCc2ccccc21. The molecular weight excluding hydrogens is 269 g/mol. The molecule has 20 heavy (non-hydrogen) atoms.